The van der Waals surface area contributed by atoms with Crippen LogP contribution >= 0.6 is 0 Å². The number of benzene rings is 2. The zero-order chi connectivity index (χ0) is 19.7. The van der Waals surface area contributed by atoms with Gasteiger partial charge in [0.15, 0.2) is 11.6 Å². The molecule has 2 saturated carbocycles. The highest BCUT2D eigenvalue weighted by Gasteiger charge is 2.30. The second-order valence-electron chi connectivity index (χ2n) is 9.34. The summed E-state index contributed by atoms with van der Waals surface area (Å²) >= 11 is 0. The van der Waals surface area contributed by atoms with Crippen LogP contribution in [0.2, 0.25) is 0 Å². The predicted molar refractivity (Wildman–Crippen MR) is 112 cm³/mol. The monoisotopic (exact) mass is 382 g/mol. The average molecular weight is 383 g/mol. The van der Waals surface area contributed by atoms with E-state index in [0.29, 0.717) is 11.5 Å². The van der Waals surface area contributed by atoms with Crippen molar-refractivity contribution in [2.45, 2.75) is 71.1 Å². The summed E-state index contributed by atoms with van der Waals surface area (Å²) in [5.41, 5.74) is 3.46. The first-order chi connectivity index (χ1) is 13.5. The van der Waals surface area contributed by atoms with Crippen LogP contribution in [0.25, 0.3) is 11.1 Å². The molecule has 0 nitrogen and oxygen atoms in total. The first-order valence-electron chi connectivity index (χ1n) is 11.1. The van der Waals surface area contributed by atoms with E-state index in [1.807, 2.05) is 0 Å². The standard InChI is InChI=1S/C26H32F2/c1-17-3-5-19(6-4-17)20-7-9-21(10-8-20)22-11-13-23(14-12-22)24-15-18(2)26(28)25(27)16-24/h11-17,19-21H,3-10H2,1-2H3. The third kappa shape index (κ3) is 4.16. The minimum atomic E-state index is -0.769. The van der Waals surface area contributed by atoms with Crippen LogP contribution in [0, 0.1) is 36.3 Å². The quantitative estimate of drug-likeness (QED) is 0.504. The molecule has 2 aliphatic carbocycles. The van der Waals surface area contributed by atoms with Crippen molar-refractivity contribution in [3.8, 4) is 11.1 Å². The Kier molecular flexibility index (Phi) is 5.85. The maximum absolute atomic E-state index is 13.7. The van der Waals surface area contributed by atoms with Gasteiger partial charge in [-0.15, -0.1) is 0 Å². The van der Waals surface area contributed by atoms with Gasteiger partial charge in [0.05, 0.1) is 0 Å². The minimum Gasteiger partial charge on any atom is -0.204 e. The molecule has 0 unspecified atom stereocenters. The lowest BCUT2D eigenvalue weighted by Crippen LogP contribution is -2.24. The molecule has 0 saturated heterocycles. The summed E-state index contributed by atoms with van der Waals surface area (Å²) in [6, 6.07) is 11.5. The average Bonchev–Trinajstić information content (AvgIpc) is 2.72. The smallest absolute Gasteiger partial charge is 0.161 e. The lowest BCUT2D eigenvalue weighted by atomic mass is 9.68. The minimum absolute atomic E-state index is 0.356. The number of aryl methyl sites for hydroxylation is 1. The highest BCUT2D eigenvalue weighted by molar-refractivity contribution is 5.64. The van der Waals surface area contributed by atoms with Gasteiger partial charge in [0.1, 0.15) is 0 Å². The third-order valence-corrected chi connectivity index (χ3v) is 7.42. The number of hydrogen-bond acceptors (Lipinski definition) is 0. The van der Waals surface area contributed by atoms with Crippen LogP contribution in [0.3, 0.4) is 0 Å². The van der Waals surface area contributed by atoms with E-state index in [2.05, 4.69) is 31.2 Å². The van der Waals surface area contributed by atoms with Crippen molar-refractivity contribution >= 4 is 0 Å². The number of halogens is 2. The molecule has 2 fully saturated rings. The van der Waals surface area contributed by atoms with Gasteiger partial charge in [0, 0.05) is 0 Å². The molecule has 0 N–H and O–H groups in total. The van der Waals surface area contributed by atoms with Gasteiger partial charge in [0.2, 0.25) is 0 Å². The fraction of sp³-hybridized carbons (Fsp3) is 0.538. The fourth-order valence-electron chi connectivity index (χ4n) is 5.52. The van der Waals surface area contributed by atoms with E-state index in [1.54, 1.807) is 13.0 Å². The molecule has 4 rings (SSSR count). The first-order valence-corrected chi connectivity index (χ1v) is 11.1. The van der Waals surface area contributed by atoms with Crippen molar-refractivity contribution in [1.82, 2.24) is 0 Å². The lowest BCUT2D eigenvalue weighted by Gasteiger charge is -2.37. The first kappa shape index (κ1) is 19.6. The van der Waals surface area contributed by atoms with Crippen LogP contribution in [0.1, 0.15) is 75.3 Å². The topological polar surface area (TPSA) is 0 Å². The summed E-state index contributed by atoms with van der Waals surface area (Å²) in [6.07, 6.45) is 11.1. The van der Waals surface area contributed by atoms with Crippen molar-refractivity contribution in [2.75, 3.05) is 0 Å². The summed E-state index contributed by atoms with van der Waals surface area (Å²) in [7, 11) is 0. The van der Waals surface area contributed by atoms with E-state index < -0.39 is 11.6 Å². The molecule has 0 radical (unpaired) electrons. The highest BCUT2D eigenvalue weighted by atomic mass is 19.2. The molecule has 0 heterocycles. The van der Waals surface area contributed by atoms with Gasteiger partial charge in [-0.3, -0.25) is 0 Å². The van der Waals surface area contributed by atoms with Crippen molar-refractivity contribution < 1.29 is 8.78 Å². The van der Waals surface area contributed by atoms with E-state index in [0.717, 1.165) is 28.9 Å². The molecule has 2 aromatic rings. The third-order valence-electron chi connectivity index (χ3n) is 7.42. The fourth-order valence-corrected chi connectivity index (χ4v) is 5.52. The van der Waals surface area contributed by atoms with Crippen LogP contribution < -0.4 is 0 Å². The van der Waals surface area contributed by atoms with E-state index in [-0.39, 0.29) is 0 Å². The molecule has 150 valence electrons. The maximum atomic E-state index is 13.7. The van der Waals surface area contributed by atoms with Crippen LogP contribution in [0.5, 0.6) is 0 Å². The molecule has 0 bridgehead atoms. The molecule has 28 heavy (non-hydrogen) atoms. The Morgan fingerprint density at radius 1 is 0.714 bits per heavy atom. The summed E-state index contributed by atoms with van der Waals surface area (Å²) in [4.78, 5) is 0. The molecule has 0 aromatic heterocycles. The SMILES string of the molecule is Cc1cc(-c2ccc(C3CCC(C4CCC(C)CC4)CC3)cc2)cc(F)c1F. The lowest BCUT2D eigenvalue weighted by molar-refractivity contribution is 0.165. The molecule has 0 aliphatic heterocycles. The zero-order valence-corrected chi connectivity index (χ0v) is 17.2. The molecule has 0 atom stereocenters. The Morgan fingerprint density at radius 2 is 1.29 bits per heavy atom. The summed E-state index contributed by atoms with van der Waals surface area (Å²) < 4.78 is 27.3. The number of hydrogen-bond donors (Lipinski definition) is 0. The zero-order valence-electron chi connectivity index (χ0n) is 17.2. The molecule has 0 amide bonds. The molecule has 0 spiro atoms. The van der Waals surface area contributed by atoms with Gasteiger partial charge in [-0.05, 0) is 104 Å². The Labute approximate surface area is 168 Å². The van der Waals surface area contributed by atoms with E-state index in [1.165, 1.54) is 63.0 Å². The summed E-state index contributed by atoms with van der Waals surface area (Å²) in [5, 5.41) is 0. The van der Waals surface area contributed by atoms with E-state index in [9.17, 15) is 8.78 Å². The molecule has 2 aromatic carbocycles. The van der Waals surface area contributed by atoms with Crippen LogP contribution in [0.4, 0.5) is 8.78 Å². The summed E-state index contributed by atoms with van der Waals surface area (Å²) in [6.45, 7) is 4.01. The van der Waals surface area contributed by atoms with E-state index in [4.69, 9.17) is 0 Å². The molecular weight excluding hydrogens is 350 g/mol. The van der Waals surface area contributed by atoms with Crippen LogP contribution in [0.15, 0.2) is 36.4 Å². The predicted octanol–water partition coefficient (Wildman–Crippen LogP) is 8.04. The molecular formula is C26H32F2. The number of rotatable bonds is 3. The van der Waals surface area contributed by atoms with Crippen molar-refractivity contribution in [3.63, 3.8) is 0 Å². The molecule has 2 heteroatoms. The van der Waals surface area contributed by atoms with Crippen molar-refractivity contribution in [3.05, 3.63) is 59.2 Å². The van der Waals surface area contributed by atoms with Crippen molar-refractivity contribution in [2.24, 2.45) is 17.8 Å². The second kappa shape index (κ2) is 8.35. The van der Waals surface area contributed by atoms with Crippen LogP contribution in [-0.4, -0.2) is 0 Å². The summed E-state index contributed by atoms with van der Waals surface area (Å²) in [5.74, 6) is 1.98. The van der Waals surface area contributed by atoms with Gasteiger partial charge >= 0.3 is 0 Å². The van der Waals surface area contributed by atoms with Gasteiger partial charge in [-0.25, -0.2) is 8.78 Å². The van der Waals surface area contributed by atoms with Gasteiger partial charge in [-0.1, -0.05) is 44.0 Å². The Balaban J connectivity index is 1.39. The maximum Gasteiger partial charge on any atom is 0.161 e. The van der Waals surface area contributed by atoms with Crippen LogP contribution in [-0.2, 0) is 0 Å². The normalized spacial score (nSPS) is 28.3. The highest BCUT2D eigenvalue weighted by Crippen LogP contribution is 2.44. The van der Waals surface area contributed by atoms with Gasteiger partial charge < -0.3 is 0 Å². The van der Waals surface area contributed by atoms with Gasteiger partial charge in [0.25, 0.3) is 0 Å². The van der Waals surface area contributed by atoms with Crippen molar-refractivity contribution in [1.29, 1.82) is 0 Å². The Bertz CT molecular complexity index is 769. The largest absolute Gasteiger partial charge is 0.204 e. The molecule has 2 aliphatic rings. The second-order valence-corrected chi connectivity index (χ2v) is 9.34. The van der Waals surface area contributed by atoms with E-state index >= 15 is 0 Å². The van der Waals surface area contributed by atoms with Gasteiger partial charge in [-0.2, -0.15) is 0 Å². The Hall–Kier alpha value is -1.70. The Morgan fingerprint density at radius 3 is 1.86 bits per heavy atom.